The Balaban J connectivity index is 1.65. The summed E-state index contributed by atoms with van der Waals surface area (Å²) < 4.78 is 5.24. The Bertz CT molecular complexity index is 547. The summed E-state index contributed by atoms with van der Waals surface area (Å²) in [5.41, 5.74) is 0.243. The molecule has 5 nitrogen and oxygen atoms in total. The number of aryl methyl sites for hydroxylation is 2. The molecule has 0 amide bonds. The lowest BCUT2D eigenvalue weighted by atomic mass is 9.94. The third-order valence-electron chi connectivity index (χ3n) is 3.71. The van der Waals surface area contributed by atoms with Crippen LogP contribution < -0.4 is 5.32 Å². The molecule has 20 heavy (non-hydrogen) atoms. The van der Waals surface area contributed by atoms with Crippen molar-refractivity contribution in [3.63, 3.8) is 0 Å². The summed E-state index contributed by atoms with van der Waals surface area (Å²) in [7, 11) is 0. The first-order valence-electron chi connectivity index (χ1n) is 7.06. The number of aromatic nitrogens is 2. The Kier molecular flexibility index (Phi) is 3.80. The van der Waals surface area contributed by atoms with Crippen molar-refractivity contribution in [3.8, 4) is 0 Å². The second kappa shape index (κ2) is 5.73. The predicted molar refractivity (Wildman–Crippen MR) is 74.1 cm³/mol. The number of β-amino-alcohol motifs (C(OH)–C–C–N with tert-alkyl or cyclic N) is 1. The van der Waals surface area contributed by atoms with Gasteiger partial charge < -0.3 is 14.9 Å². The second-order valence-electron chi connectivity index (χ2n) is 5.31. The standard InChI is InChI=1S/C15H19N3O2/c19-15(9-4-10-16-11-15)14-17-13(18-20-14)8-7-12-5-2-1-3-6-12/h1-3,5-6,16,19H,4,7-11H2. The van der Waals surface area contributed by atoms with Gasteiger partial charge in [0.15, 0.2) is 11.4 Å². The molecule has 2 N–H and O–H groups in total. The molecule has 3 rings (SSSR count). The third kappa shape index (κ3) is 2.89. The fourth-order valence-corrected chi connectivity index (χ4v) is 2.52. The molecule has 0 bridgehead atoms. The number of aliphatic hydroxyl groups is 1. The van der Waals surface area contributed by atoms with Gasteiger partial charge in [-0.05, 0) is 31.4 Å². The van der Waals surface area contributed by atoms with Crippen molar-refractivity contribution in [2.75, 3.05) is 13.1 Å². The van der Waals surface area contributed by atoms with E-state index < -0.39 is 5.60 Å². The van der Waals surface area contributed by atoms with E-state index in [1.807, 2.05) is 18.2 Å². The first-order chi connectivity index (χ1) is 9.76. The molecular formula is C15H19N3O2. The van der Waals surface area contributed by atoms with Crippen LogP contribution in [0.15, 0.2) is 34.9 Å². The van der Waals surface area contributed by atoms with Crippen LogP contribution in [-0.2, 0) is 18.4 Å². The van der Waals surface area contributed by atoms with Gasteiger partial charge in [0.2, 0.25) is 0 Å². The van der Waals surface area contributed by atoms with Crippen molar-refractivity contribution in [2.24, 2.45) is 0 Å². The average Bonchev–Trinajstić information content (AvgIpc) is 2.97. The van der Waals surface area contributed by atoms with Gasteiger partial charge in [0, 0.05) is 13.0 Å². The van der Waals surface area contributed by atoms with Crippen LogP contribution in [0.5, 0.6) is 0 Å². The minimum absolute atomic E-state index is 0.341. The first-order valence-corrected chi connectivity index (χ1v) is 7.06. The van der Waals surface area contributed by atoms with Crippen molar-refractivity contribution < 1.29 is 9.63 Å². The lowest BCUT2D eigenvalue weighted by Crippen LogP contribution is -2.43. The van der Waals surface area contributed by atoms with Crippen molar-refractivity contribution in [1.82, 2.24) is 15.5 Å². The number of rotatable bonds is 4. The molecule has 1 unspecified atom stereocenters. The molecule has 1 fully saturated rings. The van der Waals surface area contributed by atoms with Crippen LogP contribution in [0.3, 0.4) is 0 Å². The van der Waals surface area contributed by atoms with Crippen molar-refractivity contribution in [1.29, 1.82) is 0 Å². The van der Waals surface area contributed by atoms with E-state index in [2.05, 4.69) is 27.6 Å². The molecule has 0 radical (unpaired) electrons. The van der Waals surface area contributed by atoms with E-state index in [-0.39, 0.29) is 0 Å². The highest BCUT2D eigenvalue weighted by Gasteiger charge is 2.36. The van der Waals surface area contributed by atoms with Crippen LogP contribution in [0.1, 0.15) is 30.1 Å². The van der Waals surface area contributed by atoms with Crippen LogP contribution in [0.4, 0.5) is 0 Å². The molecule has 1 aliphatic rings. The lowest BCUT2D eigenvalue weighted by molar-refractivity contribution is -0.0167. The summed E-state index contributed by atoms with van der Waals surface area (Å²) in [5.74, 6) is 0.996. The zero-order valence-electron chi connectivity index (χ0n) is 11.4. The molecule has 0 spiro atoms. The van der Waals surface area contributed by atoms with Gasteiger partial charge in [0.05, 0.1) is 0 Å². The fraction of sp³-hybridized carbons (Fsp3) is 0.467. The van der Waals surface area contributed by atoms with Gasteiger partial charge >= 0.3 is 0 Å². The summed E-state index contributed by atoms with van der Waals surface area (Å²) >= 11 is 0. The monoisotopic (exact) mass is 273 g/mol. The molecule has 5 heteroatoms. The van der Waals surface area contributed by atoms with Crippen molar-refractivity contribution >= 4 is 0 Å². The SMILES string of the molecule is OC1(c2nc(CCc3ccccc3)no2)CCCNC1. The number of hydrogen-bond acceptors (Lipinski definition) is 5. The quantitative estimate of drug-likeness (QED) is 0.881. The zero-order valence-corrected chi connectivity index (χ0v) is 11.4. The second-order valence-corrected chi connectivity index (χ2v) is 5.31. The molecule has 1 aliphatic heterocycles. The van der Waals surface area contributed by atoms with Gasteiger partial charge in [-0.3, -0.25) is 0 Å². The summed E-state index contributed by atoms with van der Waals surface area (Å²) in [6, 6.07) is 10.2. The molecular weight excluding hydrogens is 254 g/mol. The highest BCUT2D eigenvalue weighted by atomic mass is 16.5. The Morgan fingerprint density at radius 1 is 1.25 bits per heavy atom. The summed E-state index contributed by atoms with van der Waals surface area (Å²) in [6.45, 7) is 1.41. The molecule has 2 aromatic rings. The maximum Gasteiger partial charge on any atom is 0.259 e. The number of piperidine rings is 1. The Labute approximate surface area is 118 Å². The lowest BCUT2D eigenvalue weighted by Gasteiger charge is -2.28. The highest BCUT2D eigenvalue weighted by Crippen LogP contribution is 2.26. The van der Waals surface area contributed by atoms with E-state index in [0.717, 1.165) is 25.8 Å². The summed E-state index contributed by atoms with van der Waals surface area (Å²) in [4.78, 5) is 4.35. The van der Waals surface area contributed by atoms with Gasteiger partial charge in [0.1, 0.15) is 0 Å². The first kappa shape index (κ1) is 13.3. The molecule has 106 valence electrons. The number of benzene rings is 1. The maximum absolute atomic E-state index is 10.5. The van der Waals surface area contributed by atoms with E-state index in [4.69, 9.17) is 4.52 Å². The van der Waals surface area contributed by atoms with E-state index in [9.17, 15) is 5.11 Å². The molecule has 2 heterocycles. The van der Waals surface area contributed by atoms with Crippen molar-refractivity contribution in [3.05, 3.63) is 47.6 Å². The minimum Gasteiger partial charge on any atom is -0.379 e. The summed E-state index contributed by atoms with van der Waals surface area (Å²) in [5, 5.41) is 17.6. The zero-order chi connectivity index (χ0) is 13.8. The topological polar surface area (TPSA) is 71.2 Å². The highest BCUT2D eigenvalue weighted by molar-refractivity contribution is 5.15. The van der Waals surface area contributed by atoms with Gasteiger partial charge in [-0.2, -0.15) is 4.98 Å². The average molecular weight is 273 g/mol. The van der Waals surface area contributed by atoms with Gasteiger partial charge in [0.25, 0.3) is 5.89 Å². The van der Waals surface area contributed by atoms with E-state index >= 15 is 0 Å². The molecule has 0 aliphatic carbocycles. The Morgan fingerprint density at radius 2 is 2.10 bits per heavy atom. The van der Waals surface area contributed by atoms with Crippen molar-refractivity contribution in [2.45, 2.75) is 31.3 Å². The van der Waals surface area contributed by atoms with E-state index in [1.54, 1.807) is 0 Å². The molecule has 1 saturated heterocycles. The summed E-state index contributed by atoms with van der Waals surface area (Å²) in [6.07, 6.45) is 3.17. The van der Waals surface area contributed by atoms with Crippen LogP contribution in [0, 0.1) is 0 Å². The third-order valence-corrected chi connectivity index (χ3v) is 3.71. The smallest absolute Gasteiger partial charge is 0.259 e. The van der Waals surface area contributed by atoms with Crippen LogP contribution in [-0.4, -0.2) is 28.3 Å². The maximum atomic E-state index is 10.5. The predicted octanol–water partition coefficient (Wildman–Crippen LogP) is 1.43. The van der Waals surface area contributed by atoms with E-state index in [0.29, 0.717) is 24.7 Å². The molecule has 0 saturated carbocycles. The van der Waals surface area contributed by atoms with E-state index in [1.165, 1.54) is 5.56 Å². The van der Waals surface area contributed by atoms with Crippen LogP contribution in [0.2, 0.25) is 0 Å². The van der Waals surface area contributed by atoms with Crippen LogP contribution in [0.25, 0.3) is 0 Å². The Hall–Kier alpha value is -1.72. The normalized spacial score (nSPS) is 22.9. The molecule has 1 aromatic heterocycles. The van der Waals surface area contributed by atoms with Gasteiger partial charge in [-0.1, -0.05) is 35.5 Å². The fourth-order valence-electron chi connectivity index (χ4n) is 2.52. The minimum atomic E-state index is -1.00. The Morgan fingerprint density at radius 3 is 2.85 bits per heavy atom. The van der Waals surface area contributed by atoms with Gasteiger partial charge in [-0.15, -0.1) is 0 Å². The van der Waals surface area contributed by atoms with Gasteiger partial charge in [-0.25, -0.2) is 0 Å². The number of nitrogens with zero attached hydrogens (tertiary/aromatic N) is 2. The van der Waals surface area contributed by atoms with Crippen LogP contribution >= 0.6 is 0 Å². The number of nitrogens with one attached hydrogen (secondary N) is 1. The molecule has 1 aromatic carbocycles. The molecule has 1 atom stereocenters. The largest absolute Gasteiger partial charge is 0.379 e. The number of hydrogen-bond donors (Lipinski definition) is 2.